The van der Waals surface area contributed by atoms with Gasteiger partial charge in [-0.25, -0.2) is 13.3 Å². The second kappa shape index (κ2) is 8.87. The van der Waals surface area contributed by atoms with Gasteiger partial charge in [0.05, 0.1) is 10.5 Å². The molecule has 1 atom stereocenters. The standard InChI is InChI=1S/C20H18ClFN2O3S/c1-12-7-15-8-14(4-5-18(15)23-11-12)20(25)17-10-16(22)9-13(19(17)21)3-2-6-24-28(26)27/h4-5,7-11,24H,2-3,6H2,1H3,(H,26,27). The highest BCUT2D eigenvalue weighted by atomic mass is 35.5. The maximum absolute atomic E-state index is 14.1. The van der Waals surface area contributed by atoms with Gasteiger partial charge in [0.25, 0.3) is 0 Å². The summed E-state index contributed by atoms with van der Waals surface area (Å²) in [4.78, 5) is 17.3. The predicted octanol–water partition coefficient (Wildman–Crippen LogP) is 4.23. The molecule has 1 aromatic heterocycles. The van der Waals surface area contributed by atoms with Gasteiger partial charge < -0.3 is 0 Å². The number of carbonyl (C=O) groups is 1. The maximum atomic E-state index is 14.1. The molecule has 2 aromatic carbocycles. The quantitative estimate of drug-likeness (QED) is 0.340. The number of aromatic nitrogens is 1. The Bertz CT molecular complexity index is 1070. The van der Waals surface area contributed by atoms with Crippen molar-refractivity contribution >= 4 is 39.6 Å². The topological polar surface area (TPSA) is 79.3 Å². The second-order valence-electron chi connectivity index (χ2n) is 6.42. The number of halogens is 2. The van der Waals surface area contributed by atoms with Crippen molar-refractivity contribution in [2.75, 3.05) is 6.54 Å². The van der Waals surface area contributed by atoms with Crippen molar-refractivity contribution in [1.29, 1.82) is 0 Å². The zero-order valence-corrected chi connectivity index (χ0v) is 16.6. The van der Waals surface area contributed by atoms with Gasteiger partial charge in [0, 0.05) is 29.3 Å². The summed E-state index contributed by atoms with van der Waals surface area (Å²) >= 11 is 4.28. The first kappa shape index (κ1) is 20.5. The van der Waals surface area contributed by atoms with Crippen molar-refractivity contribution in [3.63, 3.8) is 0 Å². The van der Waals surface area contributed by atoms with Gasteiger partial charge in [-0.15, -0.1) is 0 Å². The van der Waals surface area contributed by atoms with Gasteiger partial charge in [0.2, 0.25) is 11.3 Å². The largest absolute Gasteiger partial charge is 0.294 e. The van der Waals surface area contributed by atoms with Gasteiger partial charge in [-0.05, 0) is 67.3 Å². The van der Waals surface area contributed by atoms with Gasteiger partial charge in [-0.2, -0.15) is 0 Å². The van der Waals surface area contributed by atoms with Gasteiger partial charge in [-0.1, -0.05) is 11.6 Å². The molecule has 8 heteroatoms. The molecular weight excluding hydrogens is 403 g/mol. The van der Waals surface area contributed by atoms with Crippen LogP contribution in [-0.4, -0.2) is 26.1 Å². The van der Waals surface area contributed by atoms with Crippen molar-refractivity contribution < 1.29 is 17.9 Å². The van der Waals surface area contributed by atoms with Gasteiger partial charge in [0.15, 0.2) is 5.78 Å². The van der Waals surface area contributed by atoms with E-state index in [1.54, 1.807) is 24.4 Å². The number of fused-ring (bicyclic) bond motifs is 1. The van der Waals surface area contributed by atoms with Crippen LogP contribution in [0.15, 0.2) is 42.6 Å². The molecule has 146 valence electrons. The number of nitrogens with zero attached hydrogens (tertiary/aromatic N) is 1. The van der Waals surface area contributed by atoms with E-state index in [9.17, 15) is 13.4 Å². The molecule has 0 saturated carbocycles. The number of rotatable bonds is 7. The third kappa shape index (κ3) is 4.80. The van der Waals surface area contributed by atoms with E-state index in [-0.39, 0.29) is 22.9 Å². The molecule has 0 fully saturated rings. The zero-order chi connectivity index (χ0) is 20.3. The minimum absolute atomic E-state index is 0.0929. The number of nitrogens with one attached hydrogen (secondary N) is 1. The lowest BCUT2D eigenvalue weighted by Gasteiger charge is -2.11. The van der Waals surface area contributed by atoms with Crippen molar-refractivity contribution in [3.8, 4) is 0 Å². The first-order valence-corrected chi connectivity index (χ1v) is 10.1. The fourth-order valence-electron chi connectivity index (χ4n) is 2.97. The number of hydrogen-bond acceptors (Lipinski definition) is 3. The minimum atomic E-state index is -2.10. The van der Waals surface area contributed by atoms with Crippen molar-refractivity contribution in [2.24, 2.45) is 0 Å². The Labute approximate surface area is 169 Å². The molecular formula is C20H18ClFN2O3S. The SMILES string of the molecule is Cc1cnc2ccc(C(=O)c3cc(F)cc(CCCNS(=O)O)c3Cl)cc2c1. The summed E-state index contributed by atoms with van der Waals surface area (Å²) in [5.41, 5.74) is 2.71. The molecule has 28 heavy (non-hydrogen) atoms. The average molecular weight is 421 g/mol. The Morgan fingerprint density at radius 2 is 2.07 bits per heavy atom. The van der Waals surface area contributed by atoms with E-state index in [0.29, 0.717) is 24.0 Å². The van der Waals surface area contributed by atoms with Crippen LogP contribution in [0, 0.1) is 12.7 Å². The highest BCUT2D eigenvalue weighted by Gasteiger charge is 2.18. The number of hydrogen-bond donors (Lipinski definition) is 2. The summed E-state index contributed by atoms with van der Waals surface area (Å²) in [6.07, 6.45) is 2.58. The Kier molecular flexibility index (Phi) is 6.51. The van der Waals surface area contributed by atoms with Crippen molar-refractivity contribution in [3.05, 3.63) is 75.7 Å². The molecule has 0 aliphatic heterocycles. The molecule has 0 spiro atoms. The molecule has 3 rings (SSSR count). The smallest absolute Gasteiger partial charge is 0.231 e. The fourth-order valence-corrected chi connectivity index (χ4v) is 3.58. The molecule has 1 heterocycles. The predicted molar refractivity (Wildman–Crippen MR) is 108 cm³/mol. The third-order valence-corrected chi connectivity index (χ3v) is 5.18. The van der Waals surface area contributed by atoms with E-state index in [2.05, 4.69) is 9.71 Å². The van der Waals surface area contributed by atoms with Crippen LogP contribution in [-0.2, 0) is 17.7 Å². The van der Waals surface area contributed by atoms with Crippen molar-refractivity contribution in [1.82, 2.24) is 9.71 Å². The normalized spacial score (nSPS) is 12.3. The molecule has 0 aliphatic rings. The van der Waals surface area contributed by atoms with E-state index in [0.717, 1.165) is 22.5 Å². The van der Waals surface area contributed by atoms with Crippen LogP contribution in [0.4, 0.5) is 4.39 Å². The number of ketones is 1. The fraction of sp³-hybridized carbons (Fsp3) is 0.200. The Hall–Kier alpha value is -2.19. The summed E-state index contributed by atoms with van der Waals surface area (Å²) < 4.78 is 35.8. The summed E-state index contributed by atoms with van der Waals surface area (Å²) in [7, 11) is 0. The average Bonchev–Trinajstić information content (AvgIpc) is 2.66. The van der Waals surface area contributed by atoms with Crippen LogP contribution >= 0.6 is 11.6 Å². The number of benzene rings is 2. The molecule has 0 saturated heterocycles. The second-order valence-corrected chi connectivity index (χ2v) is 7.59. The Morgan fingerprint density at radius 3 is 2.82 bits per heavy atom. The molecule has 2 N–H and O–H groups in total. The van der Waals surface area contributed by atoms with Crippen LogP contribution < -0.4 is 4.72 Å². The van der Waals surface area contributed by atoms with Gasteiger partial charge in [0.1, 0.15) is 5.82 Å². The van der Waals surface area contributed by atoms with E-state index >= 15 is 0 Å². The highest BCUT2D eigenvalue weighted by Crippen LogP contribution is 2.27. The molecule has 3 aromatic rings. The lowest BCUT2D eigenvalue weighted by molar-refractivity contribution is 0.103. The van der Waals surface area contributed by atoms with Crippen LogP contribution in [0.2, 0.25) is 5.02 Å². The monoisotopic (exact) mass is 420 g/mol. The summed E-state index contributed by atoms with van der Waals surface area (Å²) in [6, 6.07) is 9.46. The molecule has 0 bridgehead atoms. The van der Waals surface area contributed by atoms with E-state index in [4.69, 9.17) is 16.2 Å². The molecule has 0 radical (unpaired) electrons. The highest BCUT2D eigenvalue weighted by molar-refractivity contribution is 7.77. The van der Waals surface area contributed by atoms with E-state index < -0.39 is 17.1 Å². The third-order valence-electron chi connectivity index (χ3n) is 4.29. The Balaban J connectivity index is 1.90. The number of pyridine rings is 1. The Morgan fingerprint density at radius 1 is 1.29 bits per heavy atom. The molecule has 1 unspecified atom stereocenters. The molecule has 0 aliphatic carbocycles. The lowest BCUT2D eigenvalue weighted by atomic mass is 9.98. The minimum Gasteiger partial charge on any atom is -0.294 e. The van der Waals surface area contributed by atoms with Crippen LogP contribution in [0.25, 0.3) is 10.9 Å². The molecule has 0 amide bonds. The number of aryl methyl sites for hydroxylation is 2. The summed E-state index contributed by atoms with van der Waals surface area (Å²) in [6.45, 7) is 2.17. The van der Waals surface area contributed by atoms with Crippen molar-refractivity contribution in [2.45, 2.75) is 19.8 Å². The van der Waals surface area contributed by atoms with Crippen LogP contribution in [0.1, 0.15) is 33.5 Å². The lowest BCUT2D eigenvalue weighted by Crippen LogP contribution is -2.18. The maximum Gasteiger partial charge on any atom is 0.231 e. The van der Waals surface area contributed by atoms with Gasteiger partial charge >= 0.3 is 0 Å². The van der Waals surface area contributed by atoms with E-state index in [1.807, 2.05) is 13.0 Å². The van der Waals surface area contributed by atoms with Gasteiger partial charge in [-0.3, -0.25) is 14.3 Å². The van der Waals surface area contributed by atoms with Crippen LogP contribution in [0.5, 0.6) is 0 Å². The first-order chi connectivity index (χ1) is 13.3. The number of carbonyl (C=O) groups excluding carboxylic acids is 1. The summed E-state index contributed by atoms with van der Waals surface area (Å²) in [5, 5.41) is 1.01. The summed E-state index contributed by atoms with van der Waals surface area (Å²) in [5.74, 6) is -0.927. The van der Waals surface area contributed by atoms with Crippen LogP contribution in [0.3, 0.4) is 0 Å². The zero-order valence-electron chi connectivity index (χ0n) is 15.0. The van der Waals surface area contributed by atoms with E-state index in [1.165, 1.54) is 6.07 Å². The molecule has 5 nitrogen and oxygen atoms in total. The first-order valence-electron chi connectivity index (χ1n) is 8.58.